The topological polar surface area (TPSA) is 50.2 Å². The van der Waals surface area contributed by atoms with E-state index in [2.05, 4.69) is 41.3 Å². The summed E-state index contributed by atoms with van der Waals surface area (Å²) in [5.74, 6) is 0.598. The van der Waals surface area contributed by atoms with Crippen LogP contribution in [-0.4, -0.2) is 45.9 Å². The number of aryl methyl sites for hydroxylation is 1. The van der Waals surface area contributed by atoms with Crippen LogP contribution in [0, 0.1) is 12.8 Å². The van der Waals surface area contributed by atoms with Crippen LogP contribution in [0.15, 0.2) is 36.7 Å². The highest BCUT2D eigenvalue weighted by Crippen LogP contribution is 2.32. The minimum atomic E-state index is -0.125. The molecule has 5 heteroatoms. The van der Waals surface area contributed by atoms with Gasteiger partial charge in [-0.3, -0.25) is 4.90 Å². The lowest BCUT2D eigenvalue weighted by Crippen LogP contribution is -2.60. The third-order valence-corrected chi connectivity index (χ3v) is 5.51. The van der Waals surface area contributed by atoms with E-state index in [-0.39, 0.29) is 12.1 Å². The largest absolute Gasteiger partial charge is 0.342 e. The number of nitrogens with one attached hydrogen (secondary N) is 1. The Kier molecular flexibility index (Phi) is 3.88. The molecule has 1 aromatic carbocycles. The molecule has 1 aromatic heterocycles. The first-order chi connectivity index (χ1) is 11.6. The molecule has 3 saturated heterocycles. The van der Waals surface area contributed by atoms with Gasteiger partial charge >= 0.3 is 6.03 Å². The normalized spacial score (nSPS) is 28.8. The number of aromatic nitrogens is 2. The van der Waals surface area contributed by atoms with Crippen LogP contribution in [0.4, 0.5) is 4.79 Å². The third kappa shape index (κ3) is 2.84. The SMILES string of the molecule is Cc1cccc(-c2cnn(C(=O)N[C@H]3CN4CCC3CC4C)c2)c1. The lowest BCUT2D eigenvalue weighted by molar-refractivity contribution is 0.0321. The zero-order chi connectivity index (χ0) is 16.7. The molecule has 24 heavy (non-hydrogen) atoms. The summed E-state index contributed by atoms with van der Waals surface area (Å²) in [7, 11) is 0. The van der Waals surface area contributed by atoms with Crippen molar-refractivity contribution in [2.75, 3.05) is 13.1 Å². The van der Waals surface area contributed by atoms with Gasteiger partial charge in [-0.2, -0.15) is 9.78 Å². The molecule has 0 radical (unpaired) electrons. The van der Waals surface area contributed by atoms with E-state index in [0.717, 1.165) is 24.2 Å². The smallest absolute Gasteiger partial charge is 0.332 e. The summed E-state index contributed by atoms with van der Waals surface area (Å²) in [6.07, 6.45) is 5.93. The molecule has 4 heterocycles. The first kappa shape index (κ1) is 15.4. The Labute approximate surface area is 142 Å². The Morgan fingerprint density at radius 3 is 2.92 bits per heavy atom. The number of hydrogen-bond donors (Lipinski definition) is 1. The van der Waals surface area contributed by atoms with Crippen molar-refractivity contribution in [2.24, 2.45) is 5.92 Å². The van der Waals surface area contributed by atoms with Crippen LogP contribution in [0.3, 0.4) is 0 Å². The average molecular weight is 324 g/mol. The minimum absolute atomic E-state index is 0.125. The fourth-order valence-electron chi connectivity index (χ4n) is 4.09. The van der Waals surface area contributed by atoms with E-state index < -0.39 is 0 Å². The molecule has 0 aliphatic carbocycles. The highest BCUT2D eigenvalue weighted by atomic mass is 16.2. The molecule has 5 rings (SSSR count). The van der Waals surface area contributed by atoms with Crippen molar-refractivity contribution in [3.05, 3.63) is 42.2 Å². The number of amides is 1. The van der Waals surface area contributed by atoms with Crippen molar-refractivity contribution in [1.29, 1.82) is 0 Å². The van der Waals surface area contributed by atoms with Gasteiger partial charge in [-0.1, -0.05) is 29.8 Å². The Morgan fingerprint density at radius 1 is 1.33 bits per heavy atom. The van der Waals surface area contributed by atoms with Crippen molar-refractivity contribution in [3.63, 3.8) is 0 Å². The van der Waals surface area contributed by atoms with Crippen molar-refractivity contribution in [3.8, 4) is 11.1 Å². The van der Waals surface area contributed by atoms with Crippen molar-refractivity contribution in [2.45, 2.75) is 38.8 Å². The first-order valence-corrected chi connectivity index (χ1v) is 8.77. The van der Waals surface area contributed by atoms with Crippen molar-refractivity contribution < 1.29 is 4.79 Å². The van der Waals surface area contributed by atoms with E-state index in [4.69, 9.17) is 0 Å². The van der Waals surface area contributed by atoms with Gasteiger partial charge < -0.3 is 5.32 Å². The predicted octanol–water partition coefficient (Wildman–Crippen LogP) is 2.90. The maximum absolute atomic E-state index is 12.6. The minimum Gasteiger partial charge on any atom is -0.332 e. The summed E-state index contributed by atoms with van der Waals surface area (Å²) in [6.45, 7) is 6.47. The molecule has 2 bridgehead atoms. The molecule has 3 fully saturated rings. The fraction of sp³-hybridized carbons (Fsp3) is 0.474. The van der Waals surface area contributed by atoms with Crippen LogP contribution < -0.4 is 5.32 Å². The van der Waals surface area contributed by atoms with Gasteiger partial charge in [0.2, 0.25) is 0 Å². The molecule has 3 aliphatic rings. The number of nitrogens with zero attached hydrogens (tertiary/aromatic N) is 3. The summed E-state index contributed by atoms with van der Waals surface area (Å²) in [4.78, 5) is 15.0. The van der Waals surface area contributed by atoms with Gasteiger partial charge in [-0.05, 0) is 44.7 Å². The standard InChI is InChI=1S/C19H24N4O/c1-13-4-3-5-15(8-13)17-10-20-23(11-17)19(24)21-18-12-22-7-6-16(18)9-14(22)2/h3-5,8,10-11,14,16,18H,6-7,9,12H2,1-2H3,(H,21,24)/t14?,16?,18-/m0/s1. The fourth-order valence-corrected chi connectivity index (χ4v) is 4.09. The molecule has 4 atom stereocenters. The highest BCUT2D eigenvalue weighted by Gasteiger charge is 2.38. The van der Waals surface area contributed by atoms with Gasteiger partial charge in [0.1, 0.15) is 0 Å². The van der Waals surface area contributed by atoms with Gasteiger partial charge in [0.25, 0.3) is 0 Å². The maximum Gasteiger partial charge on any atom is 0.342 e. The second kappa shape index (κ2) is 6.06. The molecule has 0 saturated carbocycles. The predicted molar refractivity (Wildman–Crippen MR) is 93.9 cm³/mol. The van der Waals surface area contributed by atoms with E-state index in [9.17, 15) is 4.79 Å². The Balaban J connectivity index is 1.46. The van der Waals surface area contributed by atoms with Crippen LogP contribution in [0.2, 0.25) is 0 Å². The summed E-state index contributed by atoms with van der Waals surface area (Å²) in [6, 6.07) is 9.00. The van der Waals surface area contributed by atoms with E-state index in [1.807, 2.05) is 18.3 Å². The second-order valence-corrected chi connectivity index (χ2v) is 7.23. The molecule has 0 spiro atoms. The van der Waals surface area contributed by atoms with Crippen LogP contribution in [0.1, 0.15) is 25.3 Å². The number of benzene rings is 1. The summed E-state index contributed by atoms with van der Waals surface area (Å²) in [5, 5.41) is 7.44. The lowest BCUT2D eigenvalue weighted by atomic mass is 9.80. The third-order valence-electron chi connectivity index (χ3n) is 5.51. The molecule has 1 amide bonds. The number of hydrogen-bond acceptors (Lipinski definition) is 3. The van der Waals surface area contributed by atoms with Crippen LogP contribution >= 0.6 is 0 Å². The van der Waals surface area contributed by atoms with E-state index in [0.29, 0.717) is 12.0 Å². The quantitative estimate of drug-likeness (QED) is 0.924. The monoisotopic (exact) mass is 324 g/mol. The molecule has 126 valence electrons. The van der Waals surface area contributed by atoms with Crippen molar-refractivity contribution in [1.82, 2.24) is 20.0 Å². The molecule has 5 nitrogen and oxygen atoms in total. The lowest BCUT2D eigenvalue weighted by Gasteiger charge is -2.48. The molecule has 2 aromatic rings. The number of carbonyl (C=O) groups is 1. The van der Waals surface area contributed by atoms with Crippen LogP contribution in [0.5, 0.6) is 0 Å². The summed E-state index contributed by atoms with van der Waals surface area (Å²) < 4.78 is 1.43. The van der Waals surface area contributed by atoms with Gasteiger partial charge in [0.05, 0.1) is 6.20 Å². The zero-order valence-electron chi connectivity index (χ0n) is 14.3. The zero-order valence-corrected chi connectivity index (χ0v) is 14.3. The molecule has 1 N–H and O–H groups in total. The highest BCUT2D eigenvalue weighted by molar-refractivity contribution is 5.78. The molecular weight excluding hydrogens is 300 g/mol. The van der Waals surface area contributed by atoms with Crippen molar-refractivity contribution >= 4 is 6.03 Å². The number of piperidine rings is 3. The number of rotatable bonds is 2. The van der Waals surface area contributed by atoms with Crippen LogP contribution in [0.25, 0.3) is 11.1 Å². The van der Waals surface area contributed by atoms with Gasteiger partial charge in [0, 0.05) is 30.4 Å². The van der Waals surface area contributed by atoms with Gasteiger partial charge in [0.15, 0.2) is 0 Å². The Hall–Kier alpha value is -2.14. The Bertz CT molecular complexity index is 753. The number of carbonyl (C=O) groups excluding carboxylic acids is 1. The van der Waals surface area contributed by atoms with Gasteiger partial charge in [-0.15, -0.1) is 0 Å². The maximum atomic E-state index is 12.6. The summed E-state index contributed by atoms with van der Waals surface area (Å²) >= 11 is 0. The second-order valence-electron chi connectivity index (χ2n) is 7.23. The van der Waals surface area contributed by atoms with E-state index >= 15 is 0 Å². The Morgan fingerprint density at radius 2 is 2.21 bits per heavy atom. The molecule has 3 aliphatic heterocycles. The first-order valence-electron chi connectivity index (χ1n) is 8.77. The van der Waals surface area contributed by atoms with E-state index in [1.165, 1.54) is 23.1 Å². The number of fused-ring (bicyclic) bond motifs is 3. The molecular formula is C19H24N4O. The van der Waals surface area contributed by atoms with E-state index in [1.54, 1.807) is 6.20 Å². The van der Waals surface area contributed by atoms with Crippen LogP contribution in [-0.2, 0) is 0 Å². The molecule has 3 unspecified atom stereocenters. The van der Waals surface area contributed by atoms with Gasteiger partial charge in [-0.25, -0.2) is 4.79 Å². The summed E-state index contributed by atoms with van der Waals surface area (Å²) in [5.41, 5.74) is 3.26. The average Bonchev–Trinajstić information content (AvgIpc) is 3.06.